The molecule has 1 N–H and O–H groups in total. The molecule has 0 saturated carbocycles. The molecule has 1 heterocycles. The minimum atomic E-state index is -2.06. The molecule has 0 aliphatic heterocycles. The summed E-state index contributed by atoms with van der Waals surface area (Å²) in [5.41, 5.74) is 4.03. The Balaban J connectivity index is 1.53. The second-order valence-corrected chi connectivity index (χ2v) is 12.7. The van der Waals surface area contributed by atoms with Gasteiger partial charge in [-0.2, -0.15) is 0 Å². The van der Waals surface area contributed by atoms with Gasteiger partial charge in [0.2, 0.25) is 0 Å². The third kappa shape index (κ3) is 5.69. The maximum Gasteiger partial charge on any atom is 0.338 e. The molecular weight excluding hydrogens is 501 g/mol. The Kier molecular flexibility index (Phi) is 7.99. The Labute approximate surface area is 230 Å². The average Bonchev–Trinajstić information content (AvgIpc) is 2.98. The number of anilines is 2. The minimum absolute atomic E-state index is 0.369. The van der Waals surface area contributed by atoms with Crippen molar-refractivity contribution in [2.75, 3.05) is 30.0 Å². The van der Waals surface area contributed by atoms with E-state index in [1.807, 2.05) is 36.4 Å². The molecule has 0 spiro atoms. The molecule has 0 fully saturated rings. The van der Waals surface area contributed by atoms with Gasteiger partial charge in [0.25, 0.3) is 0 Å². The van der Waals surface area contributed by atoms with Crippen molar-refractivity contribution in [3.63, 3.8) is 0 Å². The van der Waals surface area contributed by atoms with Gasteiger partial charge in [0, 0.05) is 49.9 Å². The van der Waals surface area contributed by atoms with Gasteiger partial charge >= 0.3 is 5.63 Å². The fourth-order valence-corrected chi connectivity index (χ4v) is 7.61. The molecular formula is C33H34N3O2P. The van der Waals surface area contributed by atoms with Crippen LogP contribution in [0.2, 0.25) is 0 Å². The van der Waals surface area contributed by atoms with Gasteiger partial charge in [-0.3, -0.25) is 4.74 Å². The van der Waals surface area contributed by atoms with Crippen molar-refractivity contribution >= 4 is 45.7 Å². The van der Waals surface area contributed by atoms with Crippen molar-refractivity contribution in [3.8, 4) is 0 Å². The molecule has 0 aliphatic rings. The molecule has 0 radical (unpaired) electrons. The van der Waals surface area contributed by atoms with Crippen molar-refractivity contribution in [2.24, 2.45) is 4.74 Å². The smallest absolute Gasteiger partial charge is 0.338 e. The first-order valence-corrected chi connectivity index (χ1v) is 15.6. The van der Waals surface area contributed by atoms with E-state index in [1.54, 1.807) is 0 Å². The van der Waals surface area contributed by atoms with Crippen molar-refractivity contribution in [2.45, 2.75) is 20.4 Å². The summed E-state index contributed by atoms with van der Waals surface area (Å²) in [7, 11) is -2.06. The fraction of sp³-hybridized carbons (Fsp3) is 0.182. The zero-order valence-electron chi connectivity index (χ0n) is 22.7. The van der Waals surface area contributed by atoms with Gasteiger partial charge in [-0.1, -0.05) is 78.9 Å². The van der Waals surface area contributed by atoms with Crippen LogP contribution in [0.15, 0.2) is 123 Å². The largest absolute Gasteiger partial charge is 0.423 e. The average molecular weight is 536 g/mol. The number of rotatable bonds is 9. The molecule has 0 amide bonds. The molecule has 0 aliphatic carbocycles. The molecule has 4 aromatic carbocycles. The molecule has 6 heteroatoms. The SMILES string of the molecule is CCN(CC)c1ccc2c(NCc3ccccc3N=P(C)(c3ccccc3)c3ccccc3)cc(=O)oc2c1. The highest BCUT2D eigenvalue weighted by molar-refractivity contribution is 7.80. The fourth-order valence-electron chi connectivity index (χ4n) is 4.95. The highest BCUT2D eigenvalue weighted by Gasteiger charge is 2.20. The van der Waals surface area contributed by atoms with Gasteiger partial charge in [0.05, 0.1) is 11.4 Å². The van der Waals surface area contributed by atoms with E-state index in [2.05, 4.69) is 97.5 Å². The lowest BCUT2D eigenvalue weighted by atomic mass is 10.1. The summed E-state index contributed by atoms with van der Waals surface area (Å²) in [5, 5.41) is 6.85. The Bertz CT molecular complexity index is 1630. The van der Waals surface area contributed by atoms with E-state index < -0.39 is 7.05 Å². The summed E-state index contributed by atoms with van der Waals surface area (Å²) in [4.78, 5) is 14.7. The zero-order chi connectivity index (χ0) is 27.2. The van der Waals surface area contributed by atoms with Crippen molar-refractivity contribution in [3.05, 3.63) is 125 Å². The lowest BCUT2D eigenvalue weighted by Crippen LogP contribution is -2.21. The topological polar surface area (TPSA) is 57.8 Å². The molecule has 5 aromatic rings. The molecule has 0 saturated heterocycles. The van der Waals surface area contributed by atoms with E-state index in [0.29, 0.717) is 12.1 Å². The Hall–Kier alpha value is -4.08. The monoisotopic (exact) mass is 535 g/mol. The van der Waals surface area contributed by atoms with Crippen molar-refractivity contribution in [1.29, 1.82) is 0 Å². The maximum atomic E-state index is 12.5. The first-order valence-electron chi connectivity index (χ1n) is 13.4. The third-order valence-electron chi connectivity index (χ3n) is 7.14. The summed E-state index contributed by atoms with van der Waals surface area (Å²) in [6.07, 6.45) is 0. The highest BCUT2D eigenvalue weighted by Crippen LogP contribution is 2.47. The van der Waals surface area contributed by atoms with E-state index in [9.17, 15) is 4.79 Å². The van der Waals surface area contributed by atoms with Crippen LogP contribution in [0, 0.1) is 0 Å². The summed E-state index contributed by atoms with van der Waals surface area (Å²) in [5.74, 6) is 0. The van der Waals surface area contributed by atoms with Gasteiger partial charge in [0.1, 0.15) is 5.58 Å². The van der Waals surface area contributed by atoms with Crippen LogP contribution in [-0.2, 0) is 6.54 Å². The Morgan fingerprint density at radius 1 is 0.795 bits per heavy atom. The standard InChI is InChI=1S/C33H34N3O2P/c1-4-36(5-2)26-20-21-29-31(23-33(37)38-32(29)22-26)34-24-25-14-12-13-19-30(25)35-39(3,27-15-8-6-9-16-27)28-17-10-7-11-18-28/h6-23,34H,4-5,24H2,1-3H3. The Morgan fingerprint density at radius 2 is 1.41 bits per heavy atom. The molecule has 0 bridgehead atoms. The van der Waals surface area contributed by atoms with Crippen molar-refractivity contribution in [1.82, 2.24) is 0 Å². The van der Waals surface area contributed by atoms with Crippen LogP contribution in [0.5, 0.6) is 0 Å². The first kappa shape index (κ1) is 26.5. The second-order valence-electron chi connectivity index (χ2n) is 9.54. The molecule has 0 unspecified atom stereocenters. The third-order valence-corrected chi connectivity index (χ3v) is 10.4. The minimum Gasteiger partial charge on any atom is -0.423 e. The van der Waals surface area contributed by atoms with Gasteiger partial charge in [-0.15, -0.1) is 0 Å². The summed E-state index contributed by atoms with van der Waals surface area (Å²) < 4.78 is 11.0. The first-order chi connectivity index (χ1) is 19.0. The molecule has 0 atom stereocenters. The van der Waals surface area contributed by atoms with Gasteiger partial charge < -0.3 is 14.6 Å². The maximum absolute atomic E-state index is 12.5. The van der Waals surface area contributed by atoms with Gasteiger partial charge in [-0.25, -0.2) is 4.79 Å². The number of hydrogen-bond donors (Lipinski definition) is 1. The highest BCUT2D eigenvalue weighted by atomic mass is 31.2. The van der Waals surface area contributed by atoms with E-state index in [1.165, 1.54) is 16.7 Å². The van der Waals surface area contributed by atoms with Crippen LogP contribution < -0.4 is 26.5 Å². The predicted molar refractivity (Wildman–Crippen MR) is 167 cm³/mol. The quantitative estimate of drug-likeness (QED) is 0.158. The van der Waals surface area contributed by atoms with Crippen LogP contribution >= 0.6 is 7.05 Å². The van der Waals surface area contributed by atoms with E-state index in [-0.39, 0.29) is 5.63 Å². The van der Waals surface area contributed by atoms with E-state index >= 15 is 0 Å². The van der Waals surface area contributed by atoms with Gasteiger partial charge in [0.15, 0.2) is 0 Å². The Morgan fingerprint density at radius 3 is 2.05 bits per heavy atom. The van der Waals surface area contributed by atoms with Crippen molar-refractivity contribution < 1.29 is 4.42 Å². The molecule has 39 heavy (non-hydrogen) atoms. The lowest BCUT2D eigenvalue weighted by molar-refractivity contribution is 0.561. The number of hydrogen-bond acceptors (Lipinski definition) is 5. The van der Waals surface area contributed by atoms with E-state index in [4.69, 9.17) is 9.16 Å². The van der Waals surface area contributed by atoms with Crippen LogP contribution in [0.25, 0.3) is 11.0 Å². The van der Waals surface area contributed by atoms with Crippen LogP contribution in [0.1, 0.15) is 19.4 Å². The molecule has 198 valence electrons. The van der Waals surface area contributed by atoms with E-state index in [0.717, 1.165) is 41.1 Å². The zero-order valence-corrected chi connectivity index (χ0v) is 23.6. The van der Waals surface area contributed by atoms with Crippen LogP contribution in [0.3, 0.4) is 0 Å². The number of benzene rings is 4. The second kappa shape index (κ2) is 11.8. The number of fused-ring (bicyclic) bond motifs is 1. The lowest BCUT2D eigenvalue weighted by Gasteiger charge is -2.22. The number of nitrogens with one attached hydrogen (secondary N) is 1. The molecule has 1 aromatic heterocycles. The summed E-state index contributed by atoms with van der Waals surface area (Å²) in [6, 6.07) is 36.9. The molecule has 5 nitrogen and oxygen atoms in total. The summed E-state index contributed by atoms with van der Waals surface area (Å²) in [6.45, 7) is 8.81. The van der Waals surface area contributed by atoms with Crippen LogP contribution in [0.4, 0.5) is 17.1 Å². The normalized spacial score (nSPS) is 11.4. The van der Waals surface area contributed by atoms with Crippen LogP contribution in [-0.4, -0.2) is 19.8 Å². The summed E-state index contributed by atoms with van der Waals surface area (Å²) >= 11 is 0. The molecule has 5 rings (SSSR count). The number of nitrogens with zero attached hydrogens (tertiary/aromatic N) is 2. The van der Waals surface area contributed by atoms with Gasteiger partial charge in [-0.05, 0) is 54.9 Å². The predicted octanol–water partition coefficient (Wildman–Crippen LogP) is 7.36.